The molecule has 37 heavy (non-hydrogen) atoms. The SMILES string of the molecule is CCOc1ccc(N2CC=C[C@@H]3O[C@]45C=CCN(C(C)C)C(=O)C4N(CCCO)C(=O)[C@@H]5[C@@H]3C2=O)cc1. The number of amides is 3. The van der Waals surface area contributed by atoms with E-state index in [0.717, 1.165) is 5.75 Å². The summed E-state index contributed by atoms with van der Waals surface area (Å²) in [4.78, 5) is 46.9. The summed E-state index contributed by atoms with van der Waals surface area (Å²) < 4.78 is 12.2. The Hall–Kier alpha value is -3.17. The highest BCUT2D eigenvalue weighted by Crippen LogP contribution is 2.53. The molecular weight excluding hydrogens is 474 g/mol. The molecule has 0 aliphatic carbocycles. The number of aliphatic hydroxyl groups excluding tert-OH is 1. The van der Waals surface area contributed by atoms with Crippen LogP contribution in [0, 0.1) is 11.8 Å². The number of aliphatic hydroxyl groups is 1. The maximum atomic E-state index is 14.1. The van der Waals surface area contributed by atoms with Gasteiger partial charge in [0, 0.05) is 38.0 Å². The quantitative estimate of drug-likeness (QED) is 0.563. The highest BCUT2D eigenvalue weighted by Gasteiger charge is 2.71. The van der Waals surface area contributed by atoms with E-state index in [1.165, 1.54) is 4.90 Å². The van der Waals surface area contributed by atoms with Crippen LogP contribution < -0.4 is 9.64 Å². The van der Waals surface area contributed by atoms with Crippen LogP contribution in [-0.2, 0) is 19.1 Å². The fraction of sp³-hybridized carbons (Fsp3) is 0.536. The smallest absolute Gasteiger partial charge is 0.249 e. The number of hydrogen-bond donors (Lipinski definition) is 1. The molecule has 0 aromatic heterocycles. The third kappa shape index (κ3) is 4.05. The summed E-state index contributed by atoms with van der Waals surface area (Å²) in [5, 5.41) is 9.50. The van der Waals surface area contributed by atoms with Gasteiger partial charge in [-0.3, -0.25) is 14.4 Å². The zero-order valence-corrected chi connectivity index (χ0v) is 21.6. The van der Waals surface area contributed by atoms with Crippen molar-refractivity contribution in [2.75, 3.05) is 37.7 Å². The monoisotopic (exact) mass is 509 g/mol. The minimum atomic E-state index is -1.25. The third-order valence-corrected chi connectivity index (χ3v) is 7.83. The third-order valence-electron chi connectivity index (χ3n) is 7.83. The molecule has 5 atom stereocenters. The molecule has 1 N–H and O–H groups in total. The van der Waals surface area contributed by atoms with E-state index >= 15 is 0 Å². The van der Waals surface area contributed by atoms with Crippen molar-refractivity contribution in [3.8, 4) is 5.75 Å². The van der Waals surface area contributed by atoms with Gasteiger partial charge in [-0.05, 0) is 51.5 Å². The molecule has 3 amide bonds. The zero-order valence-electron chi connectivity index (χ0n) is 21.6. The lowest BCUT2D eigenvalue weighted by atomic mass is 9.77. The molecule has 4 aliphatic rings. The Bertz CT molecular complexity index is 1120. The number of likely N-dealkylation sites (tertiary alicyclic amines) is 1. The van der Waals surface area contributed by atoms with Crippen molar-refractivity contribution >= 4 is 23.4 Å². The summed E-state index contributed by atoms with van der Waals surface area (Å²) in [5.41, 5.74) is -0.540. The second-order valence-electron chi connectivity index (χ2n) is 10.2. The molecule has 0 radical (unpaired) electrons. The molecular formula is C28H35N3O6. The molecule has 4 heterocycles. The Morgan fingerprint density at radius 1 is 1.08 bits per heavy atom. The molecule has 5 rings (SSSR count). The van der Waals surface area contributed by atoms with E-state index in [-0.39, 0.29) is 36.9 Å². The summed E-state index contributed by atoms with van der Waals surface area (Å²) in [6.07, 6.45) is 7.19. The molecule has 9 nitrogen and oxygen atoms in total. The number of rotatable bonds is 7. The van der Waals surface area contributed by atoms with Gasteiger partial charge in [0.25, 0.3) is 0 Å². The Labute approximate surface area is 217 Å². The van der Waals surface area contributed by atoms with E-state index in [2.05, 4.69) is 0 Å². The van der Waals surface area contributed by atoms with Crippen molar-refractivity contribution in [2.24, 2.45) is 11.8 Å². The number of benzene rings is 1. The number of ether oxygens (including phenoxy) is 2. The van der Waals surface area contributed by atoms with Crippen molar-refractivity contribution in [3.63, 3.8) is 0 Å². The van der Waals surface area contributed by atoms with Crippen LogP contribution in [-0.4, -0.2) is 89.3 Å². The average molecular weight is 510 g/mol. The molecule has 1 aromatic rings. The average Bonchev–Trinajstić information content (AvgIpc) is 3.18. The van der Waals surface area contributed by atoms with Gasteiger partial charge in [0.15, 0.2) is 0 Å². The van der Waals surface area contributed by atoms with Gasteiger partial charge in [0.2, 0.25) is 17.7 Å². The van der Waals surface area contributed by atoms with Crippen LogP contribution in [0.3, 0.4) is 0 Å². The van der Waals surface area contributed by atoms with Gasteiger partial charge in [0.1, 0.15) is 17.4 Å². The zero-order chi connectivity index (χ0) is 26.3. The standard InChI is InChI=1S/C28H35N3O6/c1-4-36-20-11-9-19(10-12-20)30-14-5-8-21-22(25(30)33)23-26(34)31(16-7-17-32)24-27(35)29(18(2)3)15-6-13-28(23,24)37-21/h5-6,8-13,18,21-24,32H,4,7,14-17H2,1-3H3/t21-,22+,23-,24?,28-/m0/s1. The van der Waals surface area contributed by atoms with E-state index in [9.17, 15) is 19.5 Å². The van der Waals surface area contributed by atoms with Crippen LogP contribution in [0.2, 0.25) is 0 Å². The first-order valence-corrected chi connectivity index (χ1v) is 13.1. The van der Waals surface area contributed by atoms with Gasteiger partial charge in [-0.25, -0.2) is 0 Å². The maximum absolute atomic E-state index is 14.1. The molecule has 1 aromatic carbocycles. The Morgan fingerprint density at radius 3 is 2.51 bits per heavy atom. The second-order valence-corrected chi connectivity index (χ2v) is 10.2. The van der Waals surface area contributed by atoms with Gasteiger partial charge >= 0.3 is 0 Å². The van der Waals surface area contributed by atoms with Crippen LogP contribution in [0.25, 0.3) is 0 Å². The summed E-state index contributed by atoms with van der Waals surface area (Å²) in [5.74, 6) is -1.57. The number of nitrogens with zero attached hydrogens (tertiary/aromatic N) is 3. The molecule has 9 heteroatoms. The predicted molar refractivity (Wildman–Crippen MR) is 137 cm³/mol. The lowest BCUT2D eigenvalue weighted by Gasteiger charge is -2.36. The summed E-state index contributed by atoms with van der Waals surface area (Å²) in [7, 11) is 0. The van der Waals surface area contributed by atoms with Gasteiger partial charge in [0.05, 0.1) is 24.5 Å². The van der Waals surface area contributed by atoms with Gasteiger partial charge in [-0.2, -0.15) is 0 Å². The minimum Gasteiger partial charge on any atom is -0.494 e. The first-order chi connectivity index (χ1) is 17.8. The number of carbonyl (C=O) groups excluding carboxylic acids is 3. The van der Waals surface area contributed by atoms with E-state index in [1.54, 1.807) is 9.80 Å². The molecule has 0 saturated carbocycles. The van der Waals surface area contributed by atoms with Crippen LogP contribution >= 0.6 is 0 Å². The summed E-state index contributed by atoms with van der Waals surface area (Å²) in [6, 6.07) is 6.38. The van der Waals surface area contributed by atoms with Crippen molar-refractivity contribution < 1.29 is 29.0 Å². The molecule has 2 fully saturated rings. The van der Waals surface area contributed by atoms with Crippen molar-refractivity contribution in [1.29, 1.82) is 0 Å². The number of hydrogen-bond acceptors (Lipinski definition) is 6. The lowest BCUT2D eigenvalue weighted by Crippen LogP contribution is -2.56. The van der Waals surface area contributed by atoms with Crippen LogP contribution in [0.5, 0.6) is 5.75 Å². The number of anilines is 1. The minimum absolute atomic E-state index is 0.0651. The fourth-order valence-electron chi connectivity index (χ4n) is 6.22. The van der Waals surface area contributed by atoms with Gasteiger partial charge < -0.3 is 29.3 Å². The molecule has 1 unspecified atom stereocenters. The highest BCUT2D eigenvalue weighted by atomic mass is 16.5. The van der Waals surface area contributed by atoms with E-state index in [1.807, 2.05) is 69.3 Å². The Balaban J connectivity index is 1.54. The topological polar surface area (TPSA) is 99.6 Å². The molecule has 0 bridgehead atoms. The second kappa shape index (κ2) is 9.95. The summed E-state index contributed by atoms with van der Waals surface area (Å²) >= 11 is 0. The van der Waals surface area contributed by atoms with Crippen LogP contribution in [0.15, 0.2) is 48.6 Å². The van der Waals surface area contributed by atoms with E-state index in [4.69, 9.17) is 9.47 Å². The highest BCUT2D eigenvalue weighted by molar-refractivity contribution is 6.03. The molecule has 4 aliphatic heterocycles. The molecule has 1 spiro atoms. The summed E-state index contributed by atoms with van der Waals surface area (Å²) in [6.45, 7) is 7.22. The van der Waals surface area contributed by atoms with Gasteiger partial charge in [-0.15, -0.1) is 0 Å². The molecule has 198 valence electrons. The Kier molecular flexibility index (Phi) is 6.85. The van der Waals surface area contributed by atoms with Crippen molar-refractivity contribution in [3.05, 3.63) is 48.6 Å². The first-order valence-electron chi connectivity index (χ1n) is 13.1. The normalized spacial score (nSPS) is 30.9. The van der Waals surface area contributed by atoms with E-state index < -0.39 is 29.6 Å². The van der Waals surface area contributed by atoms with Crippen molar-refractivity contribution in [2.45, 2.75) is 51.0 Å². The first kappa shape index (κ1) is 25.5. The van der Waals surface area contributed by atoms with E-state index in [0.29, 0.717) is 31.8 Å². The number of carbonyl (C=O) groups is 3. The van der Waals surface area contributed by atoms with Crippen LogP contribution in [0.4, 0.5) is 5.69 Å². The Morgan fingerprint density at radius 2 is 1.84 bits per heavy atom. The van der Waals surface area contributed by atoms with Gasteiger partial charge in [-0.1, -0.05) is 24.3 Å². The predicted octanol–water partition coefficient (Wildman–Crippen LogP) is 1.76. The van der Waals surface area contributed by atoms with Crippen molar-refractivity contribution in [1.82, 2.24) is 9.80 Å². The number of fused-ring (bicyclic) bond motifs is 2. The fourth-order valence-corrected chi connectivity index (χ4v) is 6.22. The maximum Gasteiger partial charge on any atom is 0.249 e. The largest absolute Gasteiger partial charge is 0.494 e. The molecule has 2 saturated heterocycles. The lowest BCUT2D eigenvalue weighted by molar-refractivity contribution is -0.148. The van der Waals surface area contributed by atoms with Crippen LogP contribution in [0.1, 0.15) is 27.2 Å².